The summed E-state index contributed by atoms with van der Waals surface area (Å²) in [5.74, 6) is -0.843. The average molecular weight is 309 g/mol. The van der Waals surface area contributed by atoms with E-state index in [1.54, 1.807) is 20.8 Å². The first-order valence-electron chi connectivity index (χ1n) is 6.24. The third-order valence-corrected chi connectivity index (χ3v) is 2.94. The molecule has 4 N–H and O–H groups in total. The first-order valence-corrected chi connectivity index (χ1v) is 6.24. The number of carbonyl (C=O) groups is 2. The number of carbonyl (C=O) groups excluding carboxylic acids is 1. The molecule has 22 heavy (non-hydrogen) atoms. The van der Waals surface area contributed by atoms with Crippen molar-refractivity contribution in [3.63, 3.8) is 0 Å². The van der Waals surface area contributed by atoms with Gasteiger partial charge in [-0.15, -0.1) is 5.10 Å². The number of rotatable bonds is 3. The van der Waals surface area contributed by atoms with Crippen molar-refractivity contribution in [3.8, 4) is 0 Å². The lowest BCUT2D eigenvalue weighted by Gasteiger charge is -2.30. The van der Waals surface area contributed by atoms with E-state index in [4.69, 9.17) is 10.8 Å². The Labute approximate surface area is 123 Å². The molecule has 0 aliphatic rings. The summed E-state index contributed by atoms with van der Waals surface area (Å²) in [6.07, 6.45) is -1.19. The maximum Gasteiger partial charge on any atom is 0.406 e. The molecule has 0 radical (unpaired) electrons. The molecule has 1 unspecified atom stereocenters. The number of nitrogens with two attached hydrogens (primary N) is 1. The number of hydrogen-bond acceptors (Lipinski definition) is 6. The van der Waals surface area contributed by atoms with Gasteiger partial charge in [0.2, 0.25) is 0 Å². The van der Waals surface area contributed by atoms with Crippen molar-refractivity contribution in [1.82, 2.24) is 29.7 Å². The summed E-state index contributed by atoms with van der Waals surface area (Å²) in [4.78, 5) is 38.3. The molecule has 0 saturated carbocycles. The molecule has 2 aromatic heterocycles. The molecule has 0 bridgehead atoms. The predicted octanol–water partition coefficient (Wildman–Crippen LogP) is -0.803. The minimum atomic E-state index is -1.31. The molecule has 0 aliphatic carbocycles. The van der Waals surface area contributed by atoms with E-state index in [1.807, 2.05) is 0 Å². The van der Waals surface area contributed by atoms with E-state index in [0.717, 1.165) is 15.4 Å². The van der Waals surface area contributed by atoms with Gasteiger partial charge < -0.3 is 10.8 Å². The van der Waals surface area contributed by atoms with Crippen LogP contribution < -0.4 is 16.7 Å². The van der Waals surface area contributed by atoms with Gasteiger partial charge in [0.25, 0.3) is 5.91 Å². The molecule has 0 aromatic carbocycles. The molecule has 0 fully saturated rings. The molecular weight excluding hydrogens is 294 g/mol. The number of imidazole rings is 1. The SMILES string of the molecule is CC(C)(C)C(NC(=O)O)n1nnc2c(C(N)=O)ncn2c1=O. The van der Waals surface area contributed by atoms with Crippen LogP contribution in [0.4, 0.5) is 4.79 Å². The second kappa shape index (κ2) is 5.09. The second-order valence-electron chi connectivity index (χ2n) is 5.69. The first kappa shape index (κ1) is 15.4. The van der Waals surface area contributed by atoms with Gasteiger partial charge in [0.05, 0.1) is 0 Å². The van der Waals surface area contributed by atoms with Gasteiger partial charge in [-0.2, -0.15) is 4.68 Å². The van der Waals surface area contributed by atoms with Crippen molar-refractivity contribution >= 4 is 17.6 Å². The molecule has 11 heteroatoms. The van der Waals surface area contributed by atoms with Crippen molar-refractivity contribution in [2.75, 3.05) is 0 Å². The molecule has 11 nitrogen and oxygen atoms in total. The van der Waals surface area contributed by atoms with Gasteiger partial charge in [-0.05, 0) is 0 Å². The minimum Gasteiger partial charge on any atom is -0.465 e. The summed E-state index contributed by atoms with van der Waals surface area (Å²) < 4.78 is 1.86. The van der Waals surface area contributed by atoms with E-state index >= 15 is 0 Å². The third-order valence-electron chi connectivity index (χ3n) is 2.94. The number of nitrogens with one attached hydrogen (secondary N) is 1. The standard InChI is InChI=1S/C11H15N7O4/c1-11(2,3)8(14-9(20)21)18-10(22)17-4-13-5(6(12)19)7(17)15-16-18/h4,8,14H,1-3H3,(H2,12,19)(H,20,21). The van der Waals surface area contributed by atoms with Crippen LogP contribution in [-0.2, 0) is 0 Å². The summed E-state index contributed by atoms with van der Waals surface area (Å²) in [6, 6.07) is 0. The number of fused-ring (bicyclic) bond motifs is 1. The Morgan fingerprint density at radius 2 is 2.05 bits per heavy atom. The third kappa shape index (κ3) is 2.60. The highest BCUT2D eigenvalue weighted by atomic mass is 16.4. The lowest BCUT2D eigenvalue weighted by atomic mass is 9.92. The van der Waals surface area contributed by atoms with Gasteiger partial charge in [0, 0.05) is 5.41 Å². The zero-order valence-corrected chi connectivity index (χ0v) is 12.1. The van der Waals surface area contributed by atoms with Crippen molar-refractivity contribution in [2.24, 2.45) is 11.1 Å². The van der Waals surface area contributed by atoms with Crippen LogP contribution in [0.1, 0.15) is 37.4 Å². The van der Waals surface area contributed by atoms with Crippen LogP contribution in [0.2, 0.25) is 0 Å². The molecule has 0 aliphatic heterocycles. The van der Waals surface area contributed by atoms with E-state index in [9.17, 15) is 14.4 Å². The van der Waals surface area contributed by atoms with E-state index in [-0.39, 0.29) is 11.3 Å². The van der Waals surface area contributed by atoms with Crippen LogP contribution in [0, 0.1) is 5.41 Å². The fraction of sp³-hybridized carbons (Fsp3) is 0.455. The van der Waals surface area contributed by atoms with E-state index in [2.05, 4.69) is 20.6 Å². The van der Waals surface area contributed by atoms with Gasteiger partial charge in [-0.1, -0.05) is 26.0 Å². The highest BCUT2D eigenvalue weighted by Crippen LogP contribution is 2.26. The zero-order valence-electron chi connectivity index (χ0n) is 12.1. The van der Waals surface area contributed by atoms with Crippen molar-refractivity contribution < 1.29 is 14.7 Å². The maximum atomic E-state index is 12.4. The number of carboxylic acid groups (broad SMARTS) is 1. The summed E-state index contributed by atoms with van der Waals surface area (Å²) in [7, 11) is 0. The van der Waals surface area contributed by atoms with Crippen molar-refractivity contribution in [3.05, 3.63) is 22.5 Å². The van der Waals surface area contributed by atoms with Gasteiger partial charge >= 0.3 is 11.8 Å². The fourth-order valence-corrected chi connectivity index (χ4v) is 1.91. The van der Waals surface area contributed by atoms with Crippen LogP contribution in [0.15, 0.2) is 11.1 Å². The normalized spacial score (nSPS) is 13.0. The molecule has 0 spiro atoms. The Balaban J connectivity index is 2.65. The van der Waals surface area contributed by atoms with Gasteiger partial charge in [-0.3, -0.25) is 10.1 Å². The molecule has 2 amide bonds. The van der Waals surface area contributed by atoms with Crippen molar-refractivity contribution in [2.45, 2.75) is 26.9 Å². The van der Waals surface area contributed by atoms with Crippen LogP contribution in [0.3, 0.4) is 0 Å². The highest BCUT2D eigenvalue weighted by molar-refractivity contribution is 5.96. The summed E-state index contributed by atoms with van der Waals surface area (Å²) in [5, 5.41) is 18.6. The molecule has 0 saturated heterocycles. The number of amides is 2. The Morgan fingerprint density at radius 3 is 2.55 bits per heavy atom. The molecule has 2 rings (SSSR count). The number of primary amides is 1. The van der Waals surface area contributed by atoms with E-state index in [0.29, 0.717) is 0 Å². The zero-order chi connectivity index (χ0) is 16.7. The van der Waals surface area contributed by atoms with E-state index < -0.39 is 29.3 Å². The quantitative estimate of drug-likeness (QED) is 0.669. The molecular formula is C11H15N7O4. The largest absolute Gasteiger partial charge is 0.465 e. The van der Waals surface area contributed by atoms with Gasteiger partial charge in [0.1, 0.15) is 12.5 Å². The smallest absolute Gasteiger partial charge is 0.406 e. The molecule has 1 atom stereocenters. The van der Waals surface area contributed by atoms with Crippen LogP contribution in [0.5, 0.6) is 0 Å². The van der Waals surface area contributed by atoms with Gasteiger partial charge in [0.15, 0.2) is 11.3 Å². The number of nitrogens with zero attached hydrogens (tertiary/aromatic N) is 5. The van der Waals surface area contributed by atoms with Crippen molar-refractivity contribution in [1.29, 1.82) is 0 Å². The topological polar surface area (TPSA) is 157 Å². The number of aromatic nitrogens is 5. The van der Waals surface area contributed by atoms with Crippen LogP contribution in [0.25, 0.3) is 5.65 Å². The maximum absolute atomic E-state index is 12.4. The van der Waals surface area contributed by atoms with E-state index in [1.165, 1.54) is 0 Å². The molecule has 2 heterocycles. The Bertz CT molecular complexity index is 801. The minimum absolute atomic E-state index is 0.0864. The summed E-state index contributed by atoms with van der Waals surface area (Å²) >= 11 is 0. The second-order valence-corrected chi connectivity index (χ2v) is 5.69. The monoisotopic (exact) mass is 309 g/mol. The summed E-state index contributed by atoms with van der Waals surface area (Å²) in [5.41, 5.74) is 3.50. The molecule has 2 aromatic rings. The predicted molar refractivity (Wildman–Crippen MR) is 73.2 cm³/mol. The Morgan fingerprint density at radius 1 is 1.41 bits per heavy atom. The average Bonchev–Trinajstić information content (AvgIpc) is 2.80. The lowest BCUT2D eigenvalue weighted by molar-refractivity contribution is 0.0997. The number of hydrogen-bond donors (Lipinski definition) is 3. The fourth-order valence-electron chi connectivity index (χ4n) is 1.91. The Kier molecular flexibility index (Phi) is 3.57. The first-order chi connectivity index (χ1) is 10.1. The summed E-state index contributed by atoms with van der Waals surface area (Å²) in [6.45, 7) is 5.19. The van der Waals surface area contributed by atoms with Crippen LogP contribution in [-0.4, -0.2) is 41.5 Å². The highest BCUT2D eigenvalue weighted by Gasteiger charge is 2.31. The molecule has 118 valence electrons. The van der Waals surface area contributed by atoms with Crippen LogP contribution >= 0.6 is 0 Å². The lowest BCUT2D eigenvalue weighted by Crippen LogP contribution is -2.47. The Hall–Kier alpha value is -2.98. The van der Waals surface area contributed by atoms with Gasteiger partial charge in [-0.25, -0.2) is 19.0 Å².